The number of piperidine rings is 1. The topological polar surface area (TPSA) is 154 Å². The van der Waals surface area contributed by atoms with Crippen LogP contribution in [0.5, 0.6) is 0 Å². The molecule has 0 spiro atoms. The molecule has 18 heteroatoms. The molecule has 0 saturated carbocycles. The van der Waals surface area contributed by atoms with Gasteiger partial charge in [0.2, 0.25) is 0 Å². The predicted molar refractivity (Wildman–Crippen MR) is 244 cm³/mol. The number of nitrogens with zero attached hydrogens (tertiary/aromatic N) is 5. The number of nitrogens with one attached hydrogen (secondary N) is 2. The summed E-state index contributed by atoms with van der Waals surface area (Å²) in [6.45, 7) is 5.71. The van der Waals surface area contributed by atoms with Crippen LogP contribution in [0.25, 0.3) is 11.1 Å². The second kappa shape index (κ2) is 19.6. The van der Waals surface area contributed by atoms with Crippen LogP contribution in [-0.2, 0) is 39.4 Å². The number of nitrogens with two attached hydrogens (primary N) is 1. The van der Waals surface area contributed by atoms with Crippen molar-refractivity contribution in [3.63, 3.8) is 0 Å². The van der Waals surface area contributed by atoms with Gasteiger partial charge in [0.15, 0.2) is 0 Å². The van der Waals surface area contributed by atoms with Crippen molar-refractivity contribution < 1.29 is 30.0 Å². The van der Waals surface area contributed by atoms with Crippen molar-refractivity contribution in [3.8, 4) is 11.1 Å². The first kappa shape index (κ1) is 46.3. The monoisotopic (exact) mass is 922 g/mol. The maximum absolute atomic E-state index is 14.2. The van der Waals surface area contributed by atoms with Gasteiger partial charge in [0, 0.05) is 53.1 Å². The van der Waals surface area contributed by atoms with E-state index in [0.29, 0.717) is 49.0 Å². The maximum Gasteiger partial charge on any atom is 0.501 e. The molecule has 0 bridgehead atoms. The van der Waals surface area contributed by atoms with Gasteiger partial charge < -0.3 is 16.0 Å². The minimum Gasteiger partial charge on any atom is -0.399 e. The lowest BCUT2D eigenvalue weighted by Gasteiger charge is -2.44. The highest BCUT2D eigenvalue weighted by Crippen LogP contribution is 2.38. The van der Waals surface area contributed by atoms with Crippen LogP contribution in [0.4, 0.5) is 30.4 Å². The number of alkyl halides is 3. The summed E-state index contributed by atoms with van der Waals surface area (Å²) >= 11 is 1.47. The van der Waals surface area contributed by atoms with Crippen LogP contribution in [0.15, 0.2) is 118 Å². The normalized spacial score (nSPS) is 17.3. The van der Waals surface area contributed by atoms with Gasteiger partial charge in [0.25, 0.3) is 19.9 Å². The number of hydrogen-bond acceptors (Lipinski definition) is 12. The van der Waals surface area contributed by atoms with Crippen molar-refractivity contribution in [1.29, 1.82) is 0 Å². The van der Waals surface area contributed by atoms with Crippen molar-refractivity contribution in [3.05, 3.63) is 120 Å². The number of likely N-dealkylation sites (tertiary alicyclic amines) is 1. The van der Waals surface area contributed by atoms with Gasteiger partial charge in [0.05, 0.1) is 16.3 Å². The fourth-order valence-electron chi connectivity index (χ4n) is 8.24. The van der Waals surface area contributed by atoms with E-state index >= 15 is 0 Å². The number of sulfone groups is 1. The lowest BCUT2D eigenvalue weighted by Crippen LogP contribution is -2.50. The molecule has 2 atom stereocenters. The fourth-order valence-corrected chi connectivity index (χ4v) is 11.3. The molecule has 63 heavy (non-hydrogen) atoms. The highest BCUT2D eigenvalue weighted by atomic mass is 32.2. The zero-order chi connectivity index (χ0) is 44.9. The Morgan fingerprint density at radius 3 is 2.32 bits per heavy atom. The number of nitrogen functional groups attached to an aromatic ring is 1. The molecule has 2 aliphatic rings. The van der Waals surface area contributed by atoms with E-state index in [9.17, 15) is 30.0 Å². The average molecular weight is 923 g/mol. The van der Waals surface area contributed by atoms with Crippen LogP contribution >= 0.6 is 11.8 Å². The summed E-state index contributed by atoms with van der Waals surface area (Å²) in [6, 6.07) is 28.3. The van der Waals surface area contributed by atoms with Crippen molar-refractivity contribution in [2.75, 3.05) is 55.3 Å². The lowest BCUT2D eigenvalue weighted by molar-refractivity contribution is -0.0435. The van der Waals surface area contributed by atoms with Crippen LogP contribution < -0.4 is 15.8 Å². The van der Waals surface area contributed by atoms with Crippen molar-refractivity contribution >= 4 is 48.8 Å². The van der Waals surface area contributed by atoms with Gasteiger partial charge in [-0.1, -0.05) is 54.6 Å². The van der Waals surface area contributed by atoms with E-state index < -0.39 is 41.2 Å². The first-order valence-corrected chi connectivity index (χ1v) is 24.8. The summed E-state index contributed by atoms with van der Waals surface area (Å²) < 4.78 is 99.1. The minimum atomic E-state index is -5.99. The summed E-state index contributed by atoms with van der Waals surface area (Å²) in [4.78, 5) is 14.7. The van der Waals surface area contributed by atoms with Gasteiger partial charge >= 0.3 is 5.51 Å². The third kappa shape index (κ3) is 11.2. The zero-order valence-corrected chi connectivity index (χ0v) is 37.9. The van der Waals surface area contributed by atoms with Gasteiger partial charge in [-0.15, -0.1) is 11.8 Å². The molecule has 336 valence electrons. The van der Waals surface area contributed by atoms with E-state index in [2.05, 4.69) is 54.9 Å². The third-order valence-electron chi connectivity index (χ3n) is 11.7. The maximum atomic E-state index is 14.2. The fraction of sp³-hybridized carbons (Fsp3) is 0.378. The van der Waals surface area contributed by atoms with Crippen molar-refractivity contribution in [2.24, 2.45) is 0 Å². The lowest BCUT2D eigenvalue weighted by atomic mass is 9.93. The Kier molecular flexibility index (Phi) is 14.4. The molecule has 0 amide bonds. The number of benzene rings is 4. The molecule has 1 saturated heterocycles. The molecule has 5 aromatic rings. The first-order chi connectivity index (χ1) is 30.0. The van der Waals surface area contributed by atoms with Crippen LogP contribution in [0.2, 0.25) is 0 Å². The second-order valence-corrected chi connectivity index (χ2v) is 21.1. The van der Waals surface area contributed by atoms with Gasteiger partial charge in [-0.25, -0.2) is 26.8 Å². The quantitative estimate of drug-likeness (QED) is 0.0655. The number of rotatable bonds is 16. The van der Waals surface area contributed by atoms with Crippen LogP contribution in [0.1, 0.15) is 43.0 Å². The predicted octanol–water partition coefficient (Wildman–Crippen LogP) is 7.76. The summed E-state index contributed by atoms with van der Waals surface area (Å²) in [5.41, 5.74) is 5.42. The molecule has 1 fully saturated rings. The molecular weight excluding hydrogens is 870 g/mol. The molecule has 7 rings (SSSR count). The van der Waals surface area contributed by atoms with Gasteiger partial charge in [-0.05, 0) is 125 Å². The molecule has 4 aromatic carbocycles. The molecule has 0 unspecified atom stereocenters. The average Bonchev–Trinajstić information content (AvgIpc) is 3.25. The van der Waals surface area contributed by atoms with Gasteiger partial charge in [-0.3, -0.25) is 14.5 Å². The first-order valence-electron chi connectivity index (χ1n) is 20.8. The number of hydrogen-bond donors (Lipinski definition) is 3. The second-order valence-electron chi connectivity index (χ2n) is 16.4. The standard InChI is InChI=1S/C45H53F3N8O4S3/c1-31-25-40-42(28-56(31)36-20-23-55(24-21-36)27-33-9-7-8-12-39(33)32-13-15-34(49)16-14-32)50-30-51-44(40)53-63(59,60)38-17-18-41(43(26-38)62(57,58)45(46,47)48)52-35(19-22-54(2)3)29-61-37-10-5-4-6-11-37/h4-18,26,30-31,35-36,52H,19-25,27-29,49H2,1-3H3,(H,50,51,53)/t31-,35+/m0/s1. The molecule has 1 aromatic heterocycles. The van der Waals surface area contributed by atoms with Crippen molar-refractivity contribution in [1.82, 2.24) is 24.7 Å². The van der Waals surface area contributed by atoms with E-state index in [1.54, 1.807) is 0 Å². The van der Waals surface area contributed by atoms with Crippen molar-refractivity contribution in [2.45, 2.75) is 84.0 Å². The van der Waals surface area contributed by atoms with Crippen LogP contribution in [-0.4, -0.2) is 105 Å². The van der Waals surface area contributed by atoms with E-state index in [-0.39, 0.29) is 23.6 Å². The number of thioether (sulfide) groups is 1. The molecular formula is C45H53F3N8O4S3. The van der Waals surface area contributed by atoms with Crippen LogP contribution in [0.3, 0.4) is 0 Å². The summed E-state index contributed by atoms with van der Waals surface area (Å²) in [6.07, 6.45) is 4.03. The SMILES string of the molecule is C[C@H]1Cc2c(ncnc2NS(=O)(=O)c2ccc(N[C@H](CCN(C)C)CSc3ccccc3)c(S(=O)(=O)C(F)(F)F)c2)CN1C1CCN(Cc2ccccc2-c2ccc(N)cc2)CC1. The highest BCUT2D eigenvalue weighted by molar-refractivity contribution is 7.99. The summed E-state index contributed by atoms with van der Waals surface area (Å²) in [5.74, 6) is 0.407. The summed E-state index contributed by atoms with van der Waals surface area (Å²) in [7, 11) is -6.91. The number of aromatic nitrogens is 2. The molecule has 3 heterocycles. The zero-order valence-electron chi connectivity index (χ0n) is 35.4. The molecule has 2 aliphatic heterocycles. The minimum absolute atomic E-state index is 0.00364. The van der Waals surface area contributed by atoms with Gasteiger partial charge in [-0.2, -0.15) is 13.2 Å². The van der Waals surface area contributed by atoms with E-state index in [1.165, 1.54) is 29.2 Å². The Labute approximate surface area is 372 Å². The Bertz CT molecular complexity index is 2580. The third-order valence-corrected chi connectivity index (χ3v) is 15.7. The van der Waals surface area contributed by atoms with E-state index in [4.69, 9.17) is 5.73 Å². The van der Waals surface area contributed by atoms with Crippen LogP contribution in [0, 0.1) is 0 Å². The number of halogens is 3. The molecule has 0 aliphatic carbocycles. The Morgan fingerprint density at radius 2 is 1.62 bits per heavy atom. The smallest absolute Gasteiger partial charge is 0.399 e. The highest BCUT2D eigenvalue weighted by Gasteiger charge is 2.48. The molecule has 12 nitrogen and oxygen atoms in total. The molecule has 0 radical (unpaired) electrons. The Balaban J connectivity index is 1.06. The summed E-state index contributed by atoms with van der Waals surface area (Å²) in [5, 5.41) is 3.01. The number of fused-ring (bicyclic) bond motifs is 1. The Morgan fingerprint density at radius 1 is 0.921 bits per heavy atom. The molecule has 4 N–H and O–H groups in total. The Hall–Kier alpha value is -4.72. The number of sulfonamides is 1. The largest absolute Gasteiger partial charge is 0.501 e. The van der Waals surface area contributed by atoms with E-state index in [0.717, 1.165) is 60.8 Å². The number of anilines is 3. The van der Waals surface area contributed by atoms with E-state index in [1.807, 2.05) is 79.7 Å². The van der Waals surface area contributed by atoms with Gasteiger partial charge in [0.1, 0.15) is 17.0 Å².